The lowest BCUT2D eigenvalue weighted by Gasteiger charge is -2.28. The fraction of sp³-hybridized carbons (Fsp3) is 0.400. The Morgan fingerprint density at radius 3 is 2.33 bits per heavy atom. The van der Waals surface area contributed by atoms with Crippen LogP contribution in [-0.4, -0.2) is 37.2 Å². The molecule has 0 radical (unpaired) electrons. The molecule has 21 heavy (non-hydrogen) atoms. The summed E-state index contributed by atoms with van der Waals surface area (Å²) in [4.78, 5) is 13.5. The van der Waals surface area contributed by atoms with E-state index in [0.29, 0.717) is 5.69 Å². The van der Waals surface area contributed by atoms with Crippen LogP contribution >= 0.6 is 0 Å². The molecule has 0 aromatic heterocycles. The molecule has 0 bridgehead atoms. The van der Waals surface area contributed by atoms with Crippen molar-refractivity contribution >= 4 is 17.2 Å². The van der Waals surface area contributed by atoms with Crippen molar-refractivity contribution < 1.29 is 14.6 Å². The van der Waals surface area contributed by atoms with Gasteiger partial charge in [-0.1, -0.05) is 0 Å². The zero-order valence-electron chi connectivity index (χ0n) is 12.2. The van der Waals surface area contributed by atoms with Crippen molar-refractivity contribution in [3.8, 4) is 0 Å². The summed E-state index contributed by atoms with van der Waals surface area (Å²) in [6, 6.07) is 7.59. The van der Waals surface area contributed by atoms with Crippen molar-refractivity contribution in [1.29, 1.82) is 0 Å². The van der Waals surface area contributed by atoms with Gasteiger partial charge >= 0.3 is 0 Å². The smallest absolute Gasteiger partial charge is 0.183 e. The maximum absolute atomic E-state index is 11.3. The number of aliphatic hydroxyl groups is 1. The summed E-state index contributed by atoms with van der Waals surface area (Å²) in [6.45, 7) is 5.99. The van der Waals surface area contributed by atoms with Gasteiger partial charge in [-0.25, -0.2) is 0 Å². The number of anilines is 1. The van der Waals surface area contributed by atoms with Gasteiger partial charge in [0, 0.05) is 25.7 Å². The molecule has 2 rings (SSSR count). The SMILES string of the molecule is CC(=O)/C(N=Nc1ccc(N2CCOCC2)cc1)=C(/C)O. The molecule has 112 valence electrons. The minimum atomic E-state index is -0.316. The van der Waals surface area contributed by atoms with Crippen molar-refractivity contribution in [2.24, 2.45) is 10.2 Å². The zero-order valence-corrected chi connectivity index (χ0v) is 12.2. The summed E-state index contributed by atoms with van der Waals surface area (Å²) in [5.74, 6) is -0.445. The van der Waals surface area contributed by atoms with Crippen LogP contribution in [0.3, 0.4) is 0 Å². The predicted molar refractivity (Wildman–Crippen MR) is 80.0 cm³/mol. The highest BCUT2D eigenvalue weighted by Gasteiger charge is 2.11. The van der Waals surface area contributed by atoms with Crippen LogP contribution in [0.25, 0.3) is 0 Å². The highest BCUT2D eigenvalue weighted by Crippen LogP contribution is 2.21. The molecule has 1 aliphatic heterocycles. The number of hydrogen-bond acceptors (Lipinski definition) is 6. The summed E-state index contributed by atoms with van der Waals surface area (Å²) in [5, 5.41) is 17.1. The van der Waals surface area contributed by atoms with E-state index in [-0.39, 0.29) is 17.2 Å². The van der Waals surface area contributed by atoms with E-state index in [0.717, 1.165) is 32.0 Å². The van der Waals surface area contributed by atoms with Crippen LogP contribution in [0, 0.1) is 0 Å². The van der Waals surface area contributed by atoms with Gasteiger partial charge < -0.3 is 14.7 Å². The lowest BCUT2D eigenvalue weighted by atomic mass is 10.2. The zero-order chi connectivity index (χ0) is 15.2. The number of allylic oxidation sites excluding steroid dienone is 2. The van der Waals surface area contributed by atoms with Crippen LogP contribution in [0.5, 0.6) is 0 Å². The Kier molecular flexibility index (Phi) is 5.05. The molecule has 1 aromatic rings. The number of aliphatic hydroxyl groups excluding tert-OH is 1. The van der Waals surface area contributed by atoms with E-state index in [2.05, 4.69) is 15.1 Å². The first-order valence-corrected chi connectivity index (χ1v) is 6.83. The second-order valence-electron chi connectivity index (χ2n) is 4.81. The highest BCUT2D eigenvalue weighted by molar-refractivity contribution is 5.93. The second kappa shape index (κ2) is 6.99. The number of carbonyl (C=O) groups excluding carboxylic acids is 1. The third-order valence-electron chi connectivity index (χ3n) is 3.17. The number of Topliss-reactive ketones (excluding diaryl/α,β-unsaturated/α-hetero) is 1. The molecular formula is C15H19N3O3. The van der Waals surface area contributed by atoms with Gasteiger partial charge in [0.25, 0.3) is 0 Å². The van der Waals surface area contributed by atoms with E-state index in [4.69, 9.17) is 4.74 Å². The number of ether oxygens (including phenoxy) is 1. The molecule has 6 heteroatoms. The number of nitrogens with zero attached hydrogens (tertiary/aromatic N) is 3. The summed E-state index contributed by atoms with van der Waals surface area (Å²) in [5.41, 5.74) is 1.72. The quantitative estimate of drug-likeness (QED) is 0.525. The Balaban J connectivity index is 2.08. The van der Waals surface area contributed by atoms with E-state index >= 15 is 0 Å². The Morgan fingerprint density at radius 1 is 1.19 bits per heavy atom. The first-order valence-electron chi connectivity index (χ1n) is 6.83. The van der Waals surface area contributed by atoms with Crippen molar-refractivity contribution in [1.82, 2.24) is 0 Å². The lowest BCUT2D eigenvalue weighted by molar-refractivity contribution is -0.113. The van der Waals surface area contributed by atoms with Gasteiger partial charge in [0.2, 0.25) is 0 Å². The topological polar surface area (TPSA) is 74.5 Å². The third kappa shape index (κ3) is 4.13. The van der Waals surface area contributed by atoms with Gasteiger partial charge in [-0.2, -0.15) is 5.11 Å². The fourth-order valence-corrected chi connectivity index (χ4v) is 2.06. The molecule has 0 saturated carbocycles. The Labute approximate surface area is 123 Å². The number of carbonyl (C=O) groups is 1. The molecule has 0 unspecified atom stereocenters. The van der Waals surface area contributed by atoms with Crippen molar-refractivity contribution in [3.05, 3.63) is 35.7 Å². The highest BCUT2D eigenvalue weighted by atomic mass is 16.5. The van der Waals surface area contributed by atoms with Gasteiger partial charge in [0.1, 0.15) is 5.76 Å². The van der Waals surface area contributed by atoms with Crippen LogP contribution in [-0.2, 0) is 9.53 Å². The second-order valence-corrected chi connectivity index (χ2v) is 4.81. The van der Waals surface area contributed by atoms with Crippen molar-refractivity contribution in [3.63, 3.8) is 0 Å². The van der Waals surface area contributed by atoms with Gasteiger partial charge in [-0.05, 0) is 31.2 Å². The largest absolute Gasteiger partial charge is 0.510 e. The van der Waals surface area contributed by atoms with E-state index in [1.54, 1.807) is 0 Å². The molecule has 0 atom stereocenters. The predicted octanol–water partition coefficient (Wildman–Crippen LogP) is 2.99. The molecular weight excluding hydrogens is 270 g/mol. The number of benzene rings is 1. The van der Waals surface area contributed by atoms with Crippen LogP contribution < -0.4 is 4.90 Å². The monoisotopic (exact) mass is 289 g/mol. The van der Waals surface area contributed by atoms with E-state index < -0.39 is 0 Å². The lowest BCUT2D eigenvalue weighted by Crippen LogP contribution is -2.36. The summed E-state index contributed by atoms with van der Waals surface area (Å²) < 4.78 is 5.32. The normalized spacial score (nSPS) is 17.0. The molecule has 1 fully saturated rings. The van der Waals surface area contributed by atoms with E-state index in [1.165, 1.54) is 13.8 Å². The first-order chi connectivity index (χ1) is 10.1. The average molecular weight is 289 g/mol. The van der Waals surface area contributed by atoms with Crippen molar-refractivity contribution in [2.75, 3.05) is 31.2 Å². The number of morpholine rings is 1. The summed E-state index contributed by atoms with van der Waals surface area (Å²) >= 11 is 0. The summed E-state index contributed by atoms with van der Waals surface area (Å²) in [6.07, 6.45) is 0. The molecule has 0 amide bonds. The molecule has 1 saturated heterocycles. The number of ketones is 1. The van der Waals surface area contributed by atoms with Crippen LogP contribution in [0.2, 0.25) is 0 Å². The average Bonchev–Trinajstić information content (AvgIpc) is 2.48. The van der Waals surface area contributed by atoms with Crippen LogP contribution in [0.4, 0.5) is 11.4 Å². The van der Waals surface area contributed by atoms with Crippen LogP contribution in [0.15, 0.2) is 46.0 Å². The summed E-state index contributed by atoms with van der Waals surface area (Å²) in [7, 11) is 0. The van der Waals surface area contributed by atoms with Gasteiger partial charge in [-0.15, -0.1) is 5.11 Å². The third-order valence-corrected chi connectivity index (χ3v) is 3.17. The molecule has 1 aromatic carbocycles. The van der Waals surface area contributed by atoms with E-state index in [1.807, 2.05) is 24.3 Å². The van der Waals surface area contributed by atoms with Crippen LogP contribution in [0.1, 0.15) is 13.8 Å². The molecule has 6 nitrogen and oxygen atoms in total. The Morgan fingerprint density at radius 2 is 1.81 bits per heavy atom. The first kappa shape index (κ1) is 15.2. The molecule has 1 heterocycles. The maximum Gasteiger partial charge on any atom is 0.183 e. The van der Waals surface area contributed by atoms with Gasteiger partial charge in [-0.3, -0.25) is 4.79 Å². The Bertz CT molecular complexity index is 554. The number of azo groups is 1. The maximum atomic E-state index is 11.3. The molecule has 0 aliphatic carbocycles. The minimum absolute atomic E-state index is 0.0211. The minimum Gasteiger partial charge on any atom is -0.510 e. The molecule has 1 aliphatic rings. The fourth-order valence-electron chi connectivity index (χ4n) is 2.06. The van der Waals surface area contributed by atoms with Gasteiger partial charge in [0.05, 0.1) is 18.9 Å². The Hall–Kier alpha value is -2.21. The van der Waals surface area contributed by atoms with Gasteiger partial charge in [0.15, 0.2) is 11.5 Å². The molecule has 1 N–H and O–H groups in total. The number of rotatable bonds is 4. The van der Waals surface area contributed by atoms with E-state index in [9.17, 15) is 9.90 Å². The number of hydrogen-bond donors (Lipinski definition) is 1. The van der Waals surface area contributed by atoms with Crippen molar-refractivity contribution in [2.45, 2.75) is 13.8 Å². The molecule has 0 spiro atoms. The standard InChI is InChI=1S/C15H19N3O3/c1-11(19)15(12(2)20)17-16-13-3-5-14(6-4-13)18-7-9-21-10-8-18/h3-6,19H,7-10H2,1-2H3/b15-11+,17-16?.